The number of nitrogens with zero attached hydrogens (tertiary/aromatic N) is 4. The van der Waals surface area contributed by atoms with Gasteiger partial charge in [0.05, 0.1) is 0 Å². The number of anilines is 2. The van der Waals surface area contributed by atoms with Crippen molar-refractivity contribution in [2.75, 3.05) is 38.3 Å². The highest BCUT2D eigenvalue weighted by Gasteiger charge is 2.40. The van der Waals surface area contributed by atoms with Gasteiger partial charge in [0.1, 0.15) is 5.82 Å². The molecule has 0 radical (unpaired) electrons. The van der Waals surface area contributed by atoms with Crippen molar-refractivity contribution in [2.45, 2.75) is 24.8 Å². The molecule has 1 fully saturated rings. The average Bonchev–Trinajstić information content (AvgIpc) is 2.22. The van der Waals surface area contributed by atoms with E-state index < -0.39 is 0 Å². The Labute approximate surface area is 103 Å². The van der Waals surface area contributed by atoms with Crippen LogP contribution in [0.4, 0.5) is 11.8 Å². The van der Waals surface area contributed by atoms with Gasteiger partial charge in [0, 0.05) is 25.3 Å². The number of hydrogen-bond acceptors (Lipinski definition) is 5. The fourth-order valence-electron chi connectivity index (χ4n) is 2.39. The van der Waals surface area contributed by atoms with Crippen molar-refractivity contribution in [3.8, 4) is 0 Å². The zero-order valence-electron chi connectivity index (χ0n) is 10.8. The standard InChI is InChI=1S/C12H21N5/c1-16(2)12(6-4-7-12)9-17(3)11-14-8-5-10(13)15-11/h5,8H,4,6-7,9H2,1-3H3,(H2,13,14,15). The summed E-state index contributed by atoms with van der Waals surface area (Å²) < 4.78 is 0. The Morgan fingerprint density at radius 3 is 2.53 bits per heavy atom. The topological polar surface area (TPSA) is 58.3 Å². The van der Waals surface area contributed by atoms with Crippen molar-refractivity contribution in [2.24, 2.45) is 0 Å². The first-order valence-electron chi connectivity index (χ1n) is 6.01. The van der Waals surface area contributed by atoms with E-state index in [4.69, 9.17) is 5.73 Å². The molecule has 2 N–H and O–H groups in total. The molecule has 0 atom stereocenters. The van der Waals surface area contributed by atoms with Crippen LogP contribution in [-0.4, -0.2) is 48.1 Å². The summed E-state index contributed by atoms with van der Waals surface area (Å²) in [4.78, 5) is 12.9. The van der Waals surface area contributed by atoms with Crippen molar-refractivity contribution in [3.05, 3.63) is 12.3 Å². The summed E-state index contributed by atoms with van der Waals surface area (Å²) >= 11 is 0. The number of aromatic nitrogens is 2. The summed E-state index contributed by atoms with van der Waals surface area (Å²) in [6, 6.07) is 1.71. The third-order valence-corrected chi connectivity index (χ3v) is 3.77. The smallest absolute Gasteiger partial charge is 0.227 e. The average molecular weight is 235 g/mol. The second-order valence-corrected chi connectivity index (χ2v) is 5.11. The largest absolute Gasteiger partial charge is 0.384 e. The number of nitrogen functional groups attached to an aromatic ring is 1. The van der Waals surface area contributed by atoms with Crippen molar-refractivity contribution >= 4 is 11.8 Å². The molecule has 2 rings (SSSR count). The summed E-state index contributed by atoms with van der Waals surface area (Å²) in [5.41, 5.74) is 5.96. The van der Waals surface area contributed by atoms with Crippen LogP contribution in [0.15, 0.2) is 12.3 Å². The Balaban J connectivity index is 2.08. The lowest BCUT2D eigenvalue weighted by Gasteiger charge is -2.49. The van der Waals surface area contributed by atoms with Crippen LogP contribution in [0, 0.1) is 0 Å². The van der Waals surface area contributed by atoms with Gasteiger partial charge in [-0.1, -0.05) is 0 Å². The molecule has 5 heteroatoms. The highest BCUT2D eigenvalue weighted by molar-refractivity contribution is 5.37. The van der Waals surface area contributed by atoms with E-state index in [0.717, 1.165) is 6.54 Å². The lowest BCUT2D eigenvalue weighted by atomic mass is 9.75. The Morgan fingerprint density at radius 1 is 1.35 bits per heavy atom. The van der Waals surface area contributed by atoms with E-state index in [9.17, 15) is 0 Å². The molecule has 1 aliphatic carbocycles. The zero-order valence-corrected chi connectivity index (χ0v) is 10.8. The molecule has 0 amide bonds. The summed E-state index contributed by atoms with van der Waals surface area (Å²) in [7, 11) is 6.32. The number of hydrogen-bond donors (Lipinski definition) is 1. The predicted octanol–water partition coefficient (Wildman–Crippen LogP) is 0.979. The number of likely N-dealkylation sites (N-methyl/N-ethyl adjacent to an activating group) is 2. The minimum Gasteiger partial charge on any atom is -0.384 e. The van der Waals surface area contributed by atoms with Gasteiger partial charge in [0.2, 0.25) is 5.95 Å². The summed E-state index contributed by atoms with van der Waals surface area (Å²) in [5.74, 6) is 1.23. The van der Waals surface area contributed by atoms with E-state index in [0.29, 0.717) is 11.8 Å². The van der Waals surface area contributed by atoms with E-state index >= 15 is 0 Å². The van der Waals surface area contributed by atoms with E-state index in [2.05, 4.69) is 33.9 Å². The molecule has 0 bridgehead atoms. The second kappa shape index (κ2) is 4.49. The Morgan fingerprint density at radius 2 is 2.06 bits per heavy atom. The molecule has 1 heterocycles. The van der Waals surface area contributed by atoms with Gasteiger partial charge < -0.3 is 15.5 Å². The van der Waals surface area contributed by atoms with Crippen LogP contribution in [0.25, 0.3) is 0 Å². The van der Waals surface area contributed by atoms with Crippen molar-refractivity contribution in [1.82, 2.24) is 14.9 Å². The van der Waals surface area contributed by atoms with Gasteiger partial charge in [-0.2, -0.15) is 4.98 Å². The first-order chi connectivity index (χ1) is 8.03. The maximum Gasteiger partial charge on any atom is 0.227 e. The van der Waals surface area contributed by atoms with Gasteiger partial charge in [0.25, 0.3) is 0 Å². The zero-order chi connectivity index (χ0) is 12.5. The maximum atomic E-state index is 5.68. The van der Waals surface area contributed by atoms with Crippen LogP contribution in [0.5, 0.6) is 0 Å². The Kier molecular flexibility index (Phi) is 3.19. The van der Waals surface area contributed by atoms with Crippen LogP contribution in [0.2, 0.25) is 0 Å². The van der Waals surface area contributed by atoms with Gasteiger partial charge in [-0.15, -0.1) is 0 Å². The molecule has 1 aromatic heterocycles. The van der Waals surface area contributed by atoms with Crippen molar-refractivity contribution in [3.63, 3.8) is 0 Å². The molecule has 1 aliphatic rings. The van der Waals surface area contributed by atoms with E-state index in [1.165, 1.54) is 19.3 Å². The van der Waals surface area contributed by atoms with Gasteiger partial charge in [0.15, 0.2) is 0 Å². The fraction of sp³-hybridized carbons (Fsp3) is 0.667. The SMILES string of the molecule is CN(CC1(N(C)C)CCC1)c1nccc(N)n1. The summed E-state index contributed by atoms with van der Waals surface area (Å²) in [5, 5.41) is 0. The van der Waals surface area contributed by atoms with E-state index in [-0.39, 0.29) is 5.54 Å². The molecule has 5 nitrogen and oxygen atoms in total. The lowest BCUT2D eigenvalue weighted by Crippen LogP contribution is -2.57. The highest BCUT2D eigenvalue weighted by atomic mass is 15.3. The fourth-order valence-corrected chi connectivity index (χ4v) is 2.39. The highest BCUT2D eigenvalue weighted by Crippen LogP contribution is 2.37. The van der Waals surface area contributed by atoms with Gasteiger partial charge >= 0.3 is 0 Å². The predicted molar refractivity (Wildman–Crippen MR) is 70.0 cm³/mol. The molecule has 94 valence electrons. The third-order valence-electron chi connectivity index (χ3n) is 3.77. The number of nitrogens with two attached hydrogens (primary N) is 1. The minimum atomic E-state index is 0.280. The molecule has 1 aromatic rings. The van der Waals surface area contributed by atoms with Crippen LogP contribution in [0.3, 0.4) is 0 Å². The van der Waals surface area contributed by atoms with Crippen molar-refractivity contribution < 1.29 is 0 Å². The van der Waals surface area contributed by atoms with Gasteiger partial charge in [-0.3, -0.25) is 0 Å². The molecular formula is C12H21N5. The van der Waals surface area contributed by atoms with Crippen LogP contribution in [-0.2, 0) is 0 Å². The van der Waals surface area contributed by atoms with Crippen LogP contribution >= 0.6 is 0 Å². The molecule has 0 unspecified atom stereocenters. The monoisotopic (exact) mass is 235 g/mol. The molecule has 0 aliphatic heterocycles. The third kappa shape index (κ3) is 2.34. The first kappa shape index (κ1) is 12.1. The Hall–Kier alpha value is -1.36. The van der Waals surface area contributed by atoms with E-state index in [1.54, 1.807) is 12.3 Å². The second-order valence-electron chi connectivity index (χ2n) is 5.11. The van der Waals surface area contributed by atoms with E-state index in [1.807, 2.05) is 7.05 Å². The maximum absolute atomic E-state index is 5.68. The van der Waals surface area contributed by atoms with Crippen LogP contribution < -0.4 is 10.6 Å². The van der Waals surface area contributed by atoms with Crippen LogP contribution in [0.1, 0.15) is 19.3 Å². The minimum absolute atomic E-state index is 0.280. The lowest BCUT2D eigenvalue weighted by molar-refractivity contribution is 0.0680. The van der Waals surface area contributed by atoms with Gasteiger partial charge in [-0.05, 0) is 39.4 Å². The normalized spacial score (nSPS) is 17.9. The molecule has 1 saturated carbocycles. The molecule has 0 spiro atoms. The first-order valence-corrected chi connectivity index (χ1v) is 6.01. The number of rotatable bonds is 4. The van der Waals surface area contributed by atoms with Gasteiger partial charge in [-0.25, -0.2) is 4.98 Å². The molecule has 0 aromatic carbocycles. The Bertz CT molecular complexity index is 386. The molecule has 17 heavy (non-hydrogen) atoms. The molecule has 0 saturated heterocycles. The summed E-state index contributed by atoms with van der Waals surface area (Å²) in [6.45, 7) is 0.948. The summed E-state index contributed by atoms with van der Waals surface area (Å²) in [6.07, 6.45) is 5.50. The quantitative estimate of drug-likeness (QED) is 0.843. The van der Waals surface area contributed by atoms with Crippen molar-refractivity contribution in [1.29, 1.82) is 0 Å². The molecular weight excluding hydrogens is 214 g/mol.